The molecule has 0 unspecified atom stereocenters. The second-order valence-electron chi connectivity index (χ2n) is 4.78. The summed E-state index contributed by atoms with van der Waals surface area (Å²) >= 11 is 7.55. The van der Waals surface area contributed by atoms with E-state index >= 15 is 0 Å². The molecule has 0 aliphatic carbocycles. The fraction of sp³-hybridized carbons (Fsp3) is 0.188. The summed E-state index contributed by atoms with van der Waals surface area (Å²) in [6.07, 6.45) is 3.17. The molecular weight excluding hydrogens is 334 g/mol. The van der Waals surface area contributed by atoms with Crippen LogP contribution in [0.5, 0.6) is 0 Å². The molecule has 3 rings (SSSR count). The molecule has 0 aliphatic rings. The lowest BCUT2D eigenvalue weighted by Gasteiger charge is -1.99. The number of aromatic nitrogens is 3. The van der Waals surface area contributed by atoms with Gasteiger partial charge in [0.05, 0.1) is 30.6 Å². The van der Waals surface area contributed by atoms with Crippen LogP contribution in [0.25, 0.3) is 11.3 Å². The smallest absolute Gasteiger partial charge is 0.341 e. The molecule has 0 radical (unpaired) electrons. The molecule has 118 valence electrons. The first-order valence-electron chi connectivity index (χ1n) is 7.05. The second-order valence-corrected chi connectivity index (χ2v) is 6.16. The molecule has 1 aromatic carbocycles. The number of halogens is 1. The van der Waals surface area contributed by atoms with Gasteiger partial charge in [-0.2, -0.15) is 5.10 Å². The topological polar surface area (TPSA) is 57.0 Å². The van der Waals surface area contributed by atoms with E-state index in [1.54, 1.807) is 29.1 Å². The number of carbonyl (C=O) groups is 1. The molecule has 5 nitrogen and oxygen atoms in total. The monoisotopic (exact) mass is 347 g/mol. The lowest BCUT2D eigenvalue weighted by molar-refractivity contribution is 0.0526. The van der Waals surface area contributed by atoms with Crippen LogP contribution in [0.3, 0.4) is 0 Å². The number of esters is 1. The summed E-state index contributed by atoms with van der Waals surface area (Å²) in [6.45, 7) is 2.62. The van der Waals surface area contributed by atoms with Crippen LogP contribution >= 0.6 is 22.9 Å². The molecule has 0 fully saturated rings. The number of benzene rings is 1. The van der Waals surface area contributed by atoms with Gasteiger partial charge in [-0.25, -0.2) is 9.78 Å². The Morgan fingerprint density at radius 2 is 2.30 bits per heavy atom. The van der Waals surface area contributed by atoms with Gasteiger partial charge >= 0.3 is 5.97 Å². The van der Waals surface area contributed by atoms with E-state index in [1.165, 1.54) is 6.20 Å². The maximum Gasteiger partial charge on any atom is 0.341 e. The Morgan fingerprint density at radius 1 is 1.43 bits per heavy atom. The molecule has 3 aromatic rings. The molecule has 0 amide bonds. The first-order chi connectivity index (χ1) is 11.2. The van der Waals surface area contributed by atoms with E-state index in [0.717, 1.165) is 16.3 Å². The Bertz CT molecular complexity index is 828. The normalized spacial score (nSPS) is 10.7. The van der Waals surface area contributed by atoms with E-state index in [0.29, 0.717) is 23.7 Å². The van der Waals surface area contributed by atoms with Crippen LogP contribution in [0.15, 0.2) is 42.0 Å². The average Bonchev–Trinajstić information content (AvgIpc) is 3.17. The number of carbonyl (C=O) groups excluding carboxylic acids is 1. The van der Waals surface area contributed by atoms with Crippen LogP contribution in [0.4, 0.5) is 0 Å². The van der Waals surface area contributed by atoms with Crippen LogP contribution < -0.4 is 0 Å². The second kappa shape index (κ2) is 6.93. The first kappa shape index (κ1) is 15.7. The maximum atomic E-state index is 11.6. The third-order valence-electron chi connectivity index (χ3n) is 3.11. The van der Waals surface area contributed by atoms with Gasteiger partial charge in [0.2, 0.25) is 0 Å². The molecule has 0 saturated carbocycles. The number of thiazole rings is 1. The minimum absolute atomic E-state index is 0.347. The first-order valence-corrected chi connectivity index (χ1v) is 8.31. The van der Waals surface area contributed by atoms with Crippen molar-refractivity contribution in [3.63, 3.8) is 0 Å². The van der Waals surface area contributed by atoms with Crippen molar-refractivity contribution in [2.24, 2.45) is 0 Å². The zero-order valence-electron chi connectivity index (χ0n) is 12.4. The van der Waals surface area contributed by atoms with Crippen molar-refractivity contribution in [1.29, 1.82) is 0 Å². The van der Waals surface area contributed by atoms with Crippen molar-refractivity contribution in [2.45, 2.75) is 13.5 Å². The standard InChI is InChI=1S/C16H14ClN3O2S/c1-2-22-16(21)12-7-18-20(8-12)9-15-19-14(10-23-15)11-4-3-5-13(17)6-11/h3-8,10H,2,9H2,1H3. The zero-order valence-corrected chi connectivity index (χ0v) is 14.0. The predicted molar refractivity (Wildman–Crippen MR) is 89.8 cm³/mol. The third-order valence-corrected chi connectivity index (χ3v) is 4.18. The number of ether oxygens (including phenoxy) is 1. The van der Waals surface area contributed by atoms with Gasteiger partial charge in [-0.3, -0.25) is 4.68 Å². The highest BCUT2D eigenvalue weighted by molar-refractivity contribution is 7.09. The van der Waals surface area contributed by atoms with Gasteiger partial charge < -0.3 is 4.74 Å². The number of nitrogens with zero attached hydrogens (tertiary/aromatic N) is 3. The Labute approximate surface area is 142 Å². The largest absolute Gasteiger partial charge is 0.462 e. The van der Waals surface area contributed by atoms with E-state index in [-0.39, 0.29) is 5.97 Å². The predicted octanol–water partition coefficient (Wildman–Crippen LogP) is 3.89. The van der Waals surface area contributed by atoms with Crippen LogP contribution in [0, 0.1) is 0 Å². The Kier molecular flexibility index (Phi) is 4.73. The van der Waals surface area contributed by atoms with Gasteiger partial charge in [0.15, 0.2) is 0 Å². The van der Waals surface area contributed by atoms with Crippen LogP contribution in [0.1, 0.15) is 22.3 Å². The Hall–Kier alpha value is -2.18. The van der Waals surface area contributed by atoms with E-state index < -0.39 is 0 Å². The summed E-state index contributed by atoms with van der Waals surface area (Å²) in [6, 6.07) is 7.58. The van der Waals surface area contributed by atoms with Crippen molar-refractivity contribution < 1.29 is 9.53 Å². The van der Waals surface area contributed by atoms with Crippen molar-refractivity contribution in [3.8, 4) is 11.3 Å². The third kappa shape index (κ3) is 3.78. The summed E-state index contributed by atoms with van der Waals surface area (Å²) < 4.78 is 6.62. The Morgan fingerprint density at radius 3 is 3.09 bits per heavy atom. The molecular formula is C16H14ClN3O2S. The highest BCUT2D eigenvalue weighted by Gasteiger charge is 2.11. The van der Waals surface area contributed by atoms with E-state index in [4.69, 9.17) is 16.3 Å². The minimum Gasteiger partial charge on any atom is -0.462 e. The highest BCUT2D eigenvalue weighted by atomic mass is 35.5. The molecule has 0 aliphatic heterocycles. The maximum absolute atomic E-state index is 11.6. The van der Waals surface area contributed by atoms with Gasteiger partial charge in [0.25, 0.3) is 0 Å². The molecule has 0 atom stereocenters. The SMILES string of the molecule is CCOC(=O)c1cnn(Cc2nc(-c3cccc(Cl)c3)cs2)c1. The van der Waals surface area contributed by atoms with E-state index in [2.05, 4.69) is 10.1 Å². The van der Waals surface area contributed by atoms with Gasteiger partial charge in [-0.1, -0.05) is 23.7 Å². The molecule has 2 heterocycles. The van der Waals surface area contributed by atoms with Gasteiger partial charge in [-0.05, 0) is 19.1 Å². The van der Waals surface area contributed by atoms with Gasteiger partial charge in [-0.15, -0.1) is 11.3 Å². The molecule has 2 aromatic heterocycles. The van der Waals surface area contributed by atoms with Crippen LogP contribution in [-0.4, -0.2) is 27.3 Å². The Balaban J connectivity index is 1.73. The minimum atomic E-state index is -0.363. The van der Waals surface area contributed by atoms with Crippen LogP contribution in [-0.2, 0) is 11.3 Å². The molecule has 0 saturated heterocycles. The molecule has 0 spiro atoms. The fourth-order valence-corrected chi connectivity index (χ4v) is 3.06. The quantitative estimate of drug-likeness (QED) is 0.657. The lowest BCUT2D eigenvalue weighted by atomic mass is 10.2. The molecule has 0 N–H and O–H groups in total. The van der Waals surface area contributed by atoms with Crippen LogP contribution in [0.2, 0.25) is 5.02 Å². The summed E-state index contributed by atoms with van der Waals surface area (Å²) in [4.78, 5) is 16.2. The summed E-state index contributed by atoms with van der Waals surface area (Å²) in [5.74, 6) is -0.363. The van der Waals surface area contributed by atoms with Crippen molar-refractivity contribution in [3.05, 3.63) is 57.6 Å². The number of hydrogen-bond acceptors (Lipinski definition) is 5. The summed E-state index contributed by atoms with van der Waals surface area (Å²) in [5.41, 5.74) is 2.30. The molecule has 7 heteroatoms. The highest BCUT2D eigenvalue weighted by Crippen LogP contribution is 2.24. The molecule has 0 bridgehead atoms. The fourth-order valence-electron chi connectivity index (χ4n) is 2.07. The zero-order chi connectivity index (χ0) is 16.2. The average molecular weight is 348 g/mol. The van der Waals surface area contributed by atoms with Crippen molar-refractivity contribution in [2.75, 3.05) is 6.61 Å². The number of rotatable bonds is 5. The van der Waals surface area contributed by atoms with Crippen molar-refractivity contribution in [1.82, 2.24) is 14.8 Å². The molecule has 23 heavy (non-hydrogen) atoms. The van der Waals surface area contributed by atoms with Gasteiger partial charge in [0, 0.05) is 22.2 Å². The van der Waals surface area contributed by atoms with Crippen molar-refractivity contribution >= 4 is 28.9 Å². The van der Waals surface area contributed by atoms with E-state index in [1.807, 2.05) is 29.6 Å². The number of hydrogen-bond donors (Lipinski definition) is 0. The lowest BCUT2D eigenvalue weighted by Crippen LogP contribution is -2.04. The summed E-state index contributed by atoms with van der Waals surface area (Å²) in [7, 11) is 0. The van der Waals surface area contributed by atoms with E-state index in [9.17, 15) is 4.79 Å². The summed E-state index contributed by atoms with van der Waals surface area (Å²) in [5, 5.41) is 7.74. The van der Waals surface area contributed by atoms with Gasteiger partial charge in [0.1, 0.15) is 5.01 Å².